The van der Waals surface area contributed by atoms with Gasteiger partial charge >= 0.3 is 6.18 Å². The zero-order chi connectivity index (χ0) is 26.0. The standard InChI is InChI=1S/C27H28F3N3O4/c1-35-24-7-3-19-20(27(28,29)30)4-5-21(25(19)32-24)31-26(34)18-9-12-33(13-10-18)11-8-17-2-6-22-23(16-17)37-15-14-36-22/h2-7,16,18H,8-15H2,1H3,(H,31,34). The number of rotatable bonds is 6. The third-order valence-corrected chi connectivity index (χ3v) is 6.89. The van der Waals surface area contributed by atoms with Gasteiger partial charge in [0.05, 0.1) is 23.9 Å². The van der Waals surface area contributed by atoms with Crippen LogP contribution in [0.3, 0.4) is 0 Å². The number of alkyl halides is 3. The lowest BCUT2D eigenvalue weighted by atomic mass is 9.95. The maximum Gasteiger partial charge on any atom is 0.417 e. The van der Waals surface area contributed by atoms with Crippen molar-refractivity contribution in [1.82, 2.24) is 9.88 Å². The van der Waals surface area contributed by atoms with Crippen LogP contribution in [-0.4, -0.2) is 55.7 Å². The van der Waals surface area contributed by atoms with E-state index < -0.39 is 11.7 Å². The van der Waals surface area contributed by atoms with E-state index in [1.54, 1.807) is 0 Å². The molecule has 2 aliphatic heterocycles. The second-order valence-corrected chi connectivity index (χ2v) is 9.24. The Morgan fingerprint density at radius 2 is 1.84 bits per heavy atom. The molecule has 3 aromatic rings. The van der Waals surface area contributed by atoms with Crippen molar-refractivity contribution in [3.05, 3.63) is 53.6 Å². The summed E-state index contributed by atoms with van der Waals surface area (Å²) in [6.45, 7) is 3.51. The molecule has 1 N–H and O–H groups in total. The largest absolute Gasteiger partial charge is 0.486 e. The molecule has 1 amide bonds. The highest BCUT2D eigenvalue weighted by Gasteiger charge is 2.34. The molecule has 10 heteroatoms. The van der Waals surface area contributed by atoms with Gasteiger partial charge in [-0.25, -0.2) is 4.98 Å². The number of ether oxygens (including phenoxy) is 3. The summed E-state index contributed by atoms with van der Waals surface area (Å²) < 4.78 is 56.8. The number of benzene rings is 2. The molecule has 0 saturated carbocycles. The first-order valence-corrected chi connectivity index (χ1v) is 12.3. The first kappa shape index (κ1) is 25.1. The molecule has 5 rings (SSSR count). The average molecular weight is 516 g/mol. The number of methoxy groups -OCH3 is 1. The lowest BCUT2D eigenvalue weighted by Crippen LogP contribution is -2.39. The number of amides is 1. The van der Waals surface area contributed by atoms with Crippen LogP contribution in [0.25, 0.3) is 10.9 Å². The molecule has 3 heterocycles. The van der Waals surface area contributed by atoms with Gasteiger partial charge < -0.3 is 24.4 Å². The van der Waals surface area contributed by atoms with Crippen molar-refractivity contribution in [3.63, 3.8) is 0 Å². The Morgan fingerprint density at radius 1 is 1.08 bits per heavy atom. The summed E-state index contributed by atoms with van der Waals surface area (Å²) in [5, 5.41) is 2.73. The second-order valence-electron chi connectivity index (χ2n) is 9.24. The van der Waals surface area contributed by atoms with Crippen LogP contribution in [0, 0.1) is 5.92 Å². The first-order valence-electron chi connectivity index (χ1n) is 12.3. The number of fused-ring (bicyclic) bond motifs is 2. The molecule has 7 nitrogen and oxygen atoms in total. The van der Waals surface area contributed by atoms with Gasteiger partial charge in [0.25, 0.3) is 0 Å². The van der Waals surface area contributed by atoms with Gasteiger partial charge in [-0.3, -0.25) is 4.79 Å². The molecule has 1 fully saturated rings. The van der Waals surface area contributed by atoms with Crippen molar-refractivity contribution in [1.29, 1.82) is 0 Å². The quantitative estimate of drug-likeness (QED) is 0.502. The van der Waals surface area contributed by atoms with Gasteiger partial charge in [0.1, 0.15) is 13.2 Å². The van der Waals surface area contributed by atoms with Crippen molar-refractivity contribution < 1.29 is 32.2 Å². The molecule has 0 aliphatic carbocycles. The van der Waals surface area contributed by atoms with Crippen LogP contribution in [0.15, 0.2) is 42.5 Å². The number of likely N-dealkylation sites (tertiary alicyclic amines) is 1. The highest BCUT2D eigenvalue weighted by Crippen LogP contribution is 2.38. The van der Waals surface area contributed by atoms with Gasteiger partial charge in [-0.1, -0.05) is 6.07 Å². The molecule has 1 aromatic heterocycles. The lowest BCUT2D eigenvalue weighted by Gasteiger charge is -2.31. The molecule has 0 unspecified atom stereocenters. The second kappa shape index (κ2) is 10.5. The predicted molar refractivity (Wildman–Crippen MR) is 132 cm³/mol. The summed E-state index contributed by atoms with van der Waals surface area (Å²) >= 11 is 0. The van der Waals surface area contributed by atoms with Gasteiger partial charge in [0.2, 0.25) is 11.8 Å². The van der Waals surface area contributed by atoms with Crippen LogP contribution in [-0.2, 0) is 17.4 Å². The van der Waals surface area contributed by atoms with Crippen LogP contribution in [0.1, 0.15) is 24.0 Å². The first-order chi connectivity index (χ1) is 17.8. The number of halogens is 3. The maximum absolute atomic E-state index is 13.5. The fraction of sp³-hybridized carbons (Fsp3) is 0.407. The fourth-order valence-electron chi connectivity index (χ4n) is 4.85. The van der Waals surface area contributed by atoms with Crippen molar-refractivity contribution in [2.75, 3.05) is 45.3 Å². The van der Waals surface area contributed by atoms with E-state index in [2.05, 4.69) is 15.2 Å². The molecule has 0 spiro atoms. The summed E-state index contributed by atoms with van der Waals surface area (Å²) in [6, 6.07) is 10.9. The molecule has 196 valence electrons. The molecule has 1 saturated heterocycles. The highest BCUT2D eigenvalue weighted by molar-refractivity contribution is 6.02. The Bertz CT molecular complexity index is 1290. The summed E-state index contributed by atoms with van der Waals surface area (Å²) in [4.78, 5) is 19.5. The number of nitrogens with zero attached hydrogens (tertiary/aromatic N) is 2. The zero-order valence-electron chi connectivity index (χ0n) is 20.4. The van der Waals surface area contributed by atoms with E-state index in [0.717, 1.165) is 43.6 Å². The number of piperidine rings is 1. The fourth-order valence-corrected chi connectivity index (χ4v) is 4.85. The Balaban J connectivity index is 1.20. The Hall–Kier alpha value is -3.53. The highest BCUT2D eigenvalue weighted by atomic mass is 19.4. The van der Waals surface area contributed by atoms with Crippen molar-refractivity contribution >= 4 is 22.5 Å². The smallest absolute Gasteiger partial charge is 0.417 e. The van der Waals surface area contributed by atoms with Crippen LogP contribution >= 0.6 is 0 Å². The minimum absolute atomic E-state index is 0.0550. The van der Waals surface area contributed by atoms with Crippen LogP contribution in [0.5, 0.6) is 17.4 Å². The Kier molecular flexibility index (Phi) is 7.10. The summed E-state index contributed by atoms with van der Waals surface area (Å²) in [5.41, 5.74) is 0.663. The lowest BCUT2D eigenvalue weighted by molar-refractivity contribution is -0.136. The van der Waals surface area contributed by atoms with Crippen LogP contribution in [0.4, 0.5) is 18.9 Å². The molecular formula is C27H28F3N3O4. The SMILES string of the molecule is COc1ccc2c(C(F)(F)F)ccc(NC(=O)C3CCN(CCc4ccc5c(c4)OCCO5)CC3)c2n1. The van der Waals surface area contributed by atoms with Gasteiger partial charge in [0.15, 0.2) is 11.5 Å². The zero-order valence-corrected chi connectivity index (χ0v) is 20.4. The number of carbonyl (C=O) groups is 1. The van der Waals surface area contributed by atoms with E-state index >= 15 is 0 Å². The van der Waals surface area contributed by atoms with Crippen LogP contribution < -0.4 is 19.5 Å². The molecule has 0 atom stereocenters. The van der Waals surface area contributed by atoms with E-state index in [-0.39, 0.29) is 34.3 Å². The van der Waals surface area contributed by atoms with Crippen molar-refractivity contribution in [2.45, 2.75) is 25.4 Å². The number of nitrogens with one attached hydrogen (secondary N) is 1. The van der Waals surface area contributed by atoms with Gasteiger partial charge in [-0.15, -0.1) is 0 Å². The molecular weight excluding hydrogens is 487 g/mol. The van der Waals surface area contributed by atoms with E-state index in [4.69, 9.17) is 14.2 Å². The minimum Gasteiger partial charge on any atom is -0.486 e. The van der Waals surface area contributed by atoms with Gasteiger partial charge in [-0.05, 0) is 68.2 Å². The van der Waals surface area contributed by atoms with E-state index in [1.165, 1.54) is 30.9 Å². The molecule has 0 radical (unpaired) electrons. The molecule has 37 heavy (non-hydrogen) atoms. The topological polar surface area (TPSA) is 72.9 Å². The third-order valence-electron chi connectivity index (χ3n) is 6.89. The van der Waals surface area contributed by atoms with Crippen molar-refractivity contribution in [2.24, 2.45) is 5.92 Å². The molecule has 2 aromatic carbocycles. The summed E-state index contributed by atoms with van der Waals surface area (Å²) in [6.07, 6.45) is -2.34. The summed E-state index contributed by atoms with van der Waals surface area (Å²) in [7, 11) is 1.39. The normalized spacial score (nSPS) is 16.5. The molecule has 2 aliphatic rings. The van der Waals surface area contributed by atoms with Crippen LogP contribution in [0.2, 0.25) is 0 Å². The van der Waals surface area contributed by atoms with E-state index in [1.807, 2.05) is 18.2 Å². The number of aromatic nitrogens is 1. The van der Waals surface area contributed by atoms with E-state index in [0.29, 0.717) is 26.1 Å². The maximum atomic E-state index is 13.5. The number of anilines is 1. The van der Waals surface area contributed by atoms with Gasteiger partial charge in [-0.2, -0.15) is 13.2 Å². The monoisotopic (exact) mass is 515 g/mol. The summed E-state index contributed by atoms with van der Waals surface area (Å²) in [5.74, 6) is 1.29. The Labute approximate surface area is 212 Å². The number of pyridine rings is 1. The third kappa shape index (κ3) is 5.58. The number of hydrogen-bond donors (Lipinski definition) is 1. The minimum atomic E-state index is -4.54. The van der Waals surface area contributed by atoms with E-state index in [9.17, 15) is 18.0 Å². The number of carbonyl (C=O) groups excluding carboxylic acids is 1. The Morgan fingerprint density at radius 3 is 2.57 bits per heavy atom. The molecule has 0 bridgehead atoms. The number of hydrogen-bond acceptors (Lipinski definition) is 6. The van der Waals surface area contributed by atoms with Gasteiger partial charge in [0, 0.05) is 23.9 Å². The predicted octanol–water partition coefficient (Wildman–Crippen LogP) is 4.93. The average Bonchev–Trinajstić information content (AvgIpc) is 2.91. The van der Waals surface area contributed by atoms with Crippen molar-refractivity contribution in [3.8, 4) is 17.4 Å².